The Morgan fingerprint density at radius 3 is 2.86 bits per heavy atom. The van der Waals surface area contributed by atoms with Gasteiger partial charge in [0.15, 0.2) is 0 Å². The highest BCUT2D eigenvalue weighted by atomic mass is 79.9. The molecule has 21 heavy (non-hydrogen) atoms. The summed E-state index contributed by atoms with van der Waals surface area (Å²) in [4.78, 5) is 0.296. The van der Waals surface area contributed by atoms with E-state index in [2.05, 4.69) is 26.0 Å². The Bertz CT molecular complexity index is 803. The Hall–Kier alpha value is -1.53. The van der Waals surface area contributed by atoms with Crippen LogP contribution in [0.15, 0.2) is 45.8 Å². The molecule has 0 saturated carbocycles. The van der Waals surface area contributed by atoms with E-state index in [0.29, 0.717) is 10.6 Å². The van der Waals surface area contributed by atoms with Crippen molar-refractivity contribution in [2.24, 2.45) is 0 Å². The maximum absolute atomic E-state index is 12.5. The van der Waals surface area contributed by atoms with Crippen LogP contribution in [0, 0.1) is 6.92 Å². The highest BCUT2D eigenvalue weighted by Crippen LogP contribution is 2.28. The van der Waals surface area contributed by atoms with Crippen LogP contribution >= 0.6 is 15.9 Å². The summed E-state index contributed by atoms with van der Waals surface area (Å²) in [7, 11) is -3.57. The molecule has 110 valence electrons. The number of sulfonamides is 1. The third-order valence-corrected chi connectivity index (χ3v) is 5.83. The average Bonchev–Trinajstić information content (AvgIpc) is 2.91. The van der Waals surface area contributed by atoms with E-state index in [9.17, 15) is 8.42 Å². The maximum atomic E-state index is 12.5. The molecule has 1 aliphatic heterocycles. The van der Waals surface area contributed by atoms with Crippen LogP contribution in [0.1, 0.15) is 11.1 Å². The number of nitrogens with one attached hydrogen (secondary N) is 2. The van der Waals surface area contributed by atoms with Crippen LogP contribution in [-0.2, 0) is 16.4 Å². The lowest BCUT2D eigenvalue weighted by Gasteiger charge is -2.12. The molecule has 0 bridgehead atoms. The number of anilines is 2. The topological polar surface area (TPSA) is 58.2 Å². The second-order valence-electron chi connectivity index (χ2n) is 5.01. The van der Waals surface area contributed by atoms with Crippen molar-refractivity contribution < 1.29 is 8.42 Å². The molecule has 2 aromatic rings. The lowest BCUT2D eigenvalue weighted by atomic mass is 10.2. The fourth-order valence-corrected chi connectivity index (χ4v) is 3.91. The first kappa shape index (κ1) is 14.4. The lowest BCUT2D eigenvalue weighted by Crippen LogP contribution is -2.14. The largest absolute Gasteiger partial charge is 0.384 e. The fraction of sp³-hybridized carbons (Fsp3) is 0.200. The summed E-state index contributed by atoms with van der Waals surface area (Å²) in [5.74, 6) is 0. The smallest absolute Gasteiger partial charge is 0.261 e. The Kier molecular flexibility index (Phi) is 3.67. The summed E-state index contributed by atoms with van der Waals surface area (Å²) in [6.07, 6.45) is 0.856. The Balaban J connectivity index is 1.96. The number of hydrogen-bond acceptors (Lipinski definition) is 3. The van der Waals surface area contributed by atoms with Crippen molar-refractivity contribution in [3.05, 3.63) is 52.0 Å². The summed E-state index contributed by atoms with van der Waals surface area (Å²) < 4.78 is 28.6. The second kappa shape index (κ2) is 5.35. The molecule has 0 saturated heterocycles. The monoisotopic (exact) mass is 366 g/mol. The van der Waals surface area contributed by atoms with Gasteiger partial charge in [-0.1, -0.05) is 22.0 Å². The predicted octanol–water partition coefficient (Wildman–Crippen LogP) is 3.53. The van der Waals surface area contributed by atoms with Crippen LogP contribution in [0.5, 0.6) is 0 Å². The standard InChI is InChI=1S/C15H15BrN2O2S/c1-10-13(16)3-2-4-14(10)18-21(19,20)12-5-6-15-11(9-12)7-8-17-15/h2-6,9,17-18H,7-8H2,1H3. The van der Waals surface area contributed by atoms with Gasteiger partial charge in [-0.3, -0.25) is 4.72 Å². The molecule has 1 heterocycles. The van der Waals surface area contributed by atoms with Crippen LogP contribution in [0.3, 0.4) is 0 Å². The van der Waals surface area contributed by atoms with Gasteiger partial charge < -0.3 is 5.32 Å². The Morgan fingerprint density at radius 2 is 2.05 bits per heavy atom. The number of hydrogen-bond donors (Lipinski definition) is 2. The molecule has 0 aliphatic carbocycles. The van der Waals surface area contributed by atoms with Crippen molar-refractivity contribution in [3.63, 3.8) is 0 Å². The minimum atomic E-state index is -3.57. The summed E-state index contributed by atoms with van der Waals surface area (Å²) in [6, 6.07) is 10.6. The molecule has 0 aromatic heterocycles. The van der Waals surface area contributed by atoms with Crippen LogP contribution in [0.4, 0.5) is 11.4 Å². The summed E-state index contributed by atoms with van der Waals surface area (Å²) in [5.41, 5.74) is 3.52. The van der Waals surface area contributed by atoms with Crippen molar-refractivity contribution in [1.82, 2.24) is 0 Å². The van der Waals surface area contributed by atoms with Gasteiger partial charge in [0.1, 0.15) is 0 Å². The van der Waals surface area contributed by atoms with E-state index in [4.69, 9.17) is 0 Å². The van der Waals surface area contributed by atoms with E-state index in [-0.39, 0.29) is 0 Å². The fourth-order valence-electron chi connectivity index (χ4n) is 2.37. The first-order chi connectivity index (χ1) is 9.97. The highest BCUT2D eigenvalue weighted by molar-refractivity contribution is 9.10. The molecule has 4 nitrogen and oxygen atoms in total. The van der Waals surface area contributed by atoms with E-state index in [1.807, 2.05) is 25.1 Å². The van der Waals surface area contributed by atoms with Crippen LogP contribution in [0.2, 0.25) is 0 Å². The summed E-state index contributed by atoms with van der Waals surface area (Å²) in [6.45, 7) is 2.73. The molecule has 1 aliphatic rings. The zero-order valence-corrected chi connectivity index (χ0v) is 13.9. The van der Waals surface area contributed by atoms with Crippen molar-refractivity contribution in [2.45, 2.75) is 18.2 Å². The SMILES string of the molecule is Cc1c(Br)cccc1NS(=O)(=O)c1ccc2c(c1)CCN2. The number of halogens is 1. The number of rotatable bonds is 3. The minimum Gasteiger partial charge on any atom is -0.384 e. The Labute approximate surface area is 132 Å². The van der Waals surface area contributed by atoms with Crippen molar-refractivity contribution in [2.75, 3.05) is 16.6 Å². The van der Waals surface area contributed by atoms with Gasteiger partial charge in [0.2, 0.25) is 0 Å². The average molecular weight is 367 g/mol. The van der Waals surface area contributed by atoms with Gasteiger partial charge in [-0.2, -0.15) is 0 Å². The van der Waals surface area contributed by atoms with E-state index in [1.165, 1.54) is 0 Å². The van der Waals surface area contributed by atoms with E-state index < -0.39 is 10.0 Å². The van der Waals surface area contributed by atoms with Gasteiger partial charge in [-0.15, -0.1) is 0 Å². The molecule has 0 fully saturated rings. The zero-order valence-electron chi connectivity index (χ0n) is 11.5. The van der Waals surface area contributed by atoms with Crippen molar-refractivity contribution in [3.8, 4) is 0 Å². The van der Waals surface area contributed by atoms with Gasteiger partial charge in [-0.25, -0.2) is 8.42 Å². The van der Waals surface area contributed by atoms with Crippen LogP contribution < -0.4 is 10.0 Å². The molecule has 0 radical (unpaired) electrons. The van der Waals surface area contributed by atoms with E-state index >= 15 is 0 Å². The third kappa shape index (κ3) is 2.78. The molecular weight excluding hydrogens is 352 g/mol. The molecule has 2 N–H and O–H groups in total. The second-order valence-corrected chi connectivity index (χ2v) is 7.55. The molecule has 0 amide bonds. The zero-order chi connectivity index (χ0) is 15.0. The highest BCUT2D eigenvalue weighted by Gasteiger charge is 2.19. The van der Waals surface area contributed by atoms with Gasteiger partial charge in [-0.05, 0) is 54.8 Å². The Morgan fingerprint density at radius 1 is 1.24 bits per heavy atom. The maximum Gasteiger partial charge on any atom is 0.261 e. The molecule has 0 atom stereocenters. The first-order valence-corrected chi connectivity index (χ1v) is 8.90. The molecule has 3 rings (SSSR count). The third-order valence-electron chi connectivity index (χ3n) is 3.61. The number of benzene rings is 2. The van der Waals surface area contributed by atoms with Gasteiger partial charge in [0.25, 0.3) is 10.0 Å². The molecular formula is C15H15BrN2O2S. The quantitative estimate of drug-likeness (QED) is 0.873. The van der Waals surface area contributed by atoms with Gasteiger partial charge in [0.05, 0.1) is 10.6 Å². The molecule has 2 aromatic carbocycles. The van der Waals surface area contributed by atoms with Crippen LogP contribution in [-0.4, -0.2) is 15.0 Å². The van der Waals surface area contributed by atoms with Gasteiger partial charge >= 0.3 is 0 Å². The molecule has 0 unspecified atom stereocenters. The lowest BCUT2D eigenvalue weighted by molar-refractivity contribution is 0.601. The van der Waals surface area contributed by atoms with E-state index in [1.54, 1.807) is 18.2 Å². The van der Waals surface area contributed by atoms with Crippen LogP contribution in [0.25, 0.3) is 0 Å². The van der Waals surface area contributed by atoms with Gasteiger partial charge in [0, 0.05) is 16.7 Å². The summed E-state index contributed by atoms with van der Waals surface area (Å²) in [5, 5.41) is 3.22. The van der Waals surface area contributed by atoms with E-state index in [0.717, 1.165) is 34.3 Å². The first-order valence-electron chi connectivity index (χ1n) is 6.62. The summed E-state index contributed by atoms with van der Waals surface area (Å²) >= 11 is 3.41. The van der Waals surface area contributed by atoms with Crippen molar-refractivity contribution in [1.29, 1.82) is 0 Å². The predicted molar refractivity (Wildman–Crippen MR) is 88.3 cm³/mol. The molecule has 0 spiro atoms. The number of fused-ring (bicyclic) bond motifs is 1. The van der Waals surface area contributed by atoms with Crippen molar-refractivity contribution >= 4 is 37.3 Å². The normalized spacial score (nSPS) is 13.6. The minimum absolute atomic E-state index is 0.296. The molecule has 6 heteroatoms.